The number of hydrogen-bond donors (Lipinski definition) is 1. The molecule has 226 valence electrons. The number of ether oxygens (including phenoxy) is 2. The smallest absolute Gasteiger partial charge is 0.416 e. The van der Waals surface area contributed by atoms with Gasteiger partial charge in [0, 0.05) is 12.1 Å². The number of aromatic carboxylic acids is 1. The number of benzene rings is 3. The zero-order valence-corrected chi connectivity index (χ0v) is 24.5. The van der Waals surface area contributed by atoms with Crippen LogP contribution in [0.1, 0.15) is 76.9 Å². The van der Waals surface area contributed by atoms with Crippen LogP contribution >= 0.6 is 0 Å². The Morgan fingerprint density at radius 2 is 1.77 bits per heavy atom. The summed E-state index contributed by atoms with van der Waals surface area (Å²) in [7, 11) is 1.61. The first kappa shape index (κ1) is 30.2. The van der Waals surface area contributed by atoms with E-state index in [1.807, 2.05) is 25.1 Å². The summed E-state index contributed by atoms with van der Waals surface area (Å²) in [4.78, 5) is 26.2. The average Bonchev–Trinajstić information content (AvgIpc) is 3.24. The van der Waals surface area contributed by atoms with Crippen molar-refractivity contribution in [1.82, 2.24) is 4.90 Å². The number of carboxylic acid groups (broad SMARTS) is 1. The molecule has 1 fully saturated rings. The highest BCUT2D eigenvalue weighted by Gasteiger charge is 2.41. The van der Waals surface area contributed by atoms with Crippen LogP contribution in [0.2, 0.25) is 0 Å². The molecule has 3 aromatic rings. The van der Waals surface area contributed by atoms with Crippen molar-refractivity contribution in [3.63, 3.8) is 0 Å². The number of halogens is 3. The summed E-state index contributed by atoms with van der Waals surface area (Å²) in [6.45, 7) is 5.57. The highest BCUT2D eigenvalue weighted by atomic mass is 19.4. The van der Waals surface area contributed by atoms with E-state index >= 15 is 0 Å². The van der Waals surface area contributed by atoms with Crippen LogP contribution < -0.4 is 4.74 Å². The van der Waals surface area contributed by atoms with Crippen LogP contribution in [0.15, 0.2) is 60.2 Å². The Kier molecular flexibility index (Phi) is 8.27. The lowest BCUT2D eigenvalue weighted by molar-refractivity contribution is -0.137. The Labute approximate surface area is 248 Å². The van der Waals surface area contributed by atoms with Gasteiger partial charge in [-0.25, -0.2) is 9.59 Å². The molecule has 1 heterocycles. The zero-order chi connectivity index (χ0) is 31.1. The molecular weight excluding hydrogens is 559 g/mol. The van der Waals surface area contributed by atoms with E-state index in [-0.39, 0.29) is 5.56 Å². The maximum absolute atomic E-state index is 13.5. The molecular formula is C34H34F3NO5. The lowest BCUT2D eigenvalue weighted by atomic mass is 9.85. The molecule has 0 unspecified atom stereocenters. The van der Waals surface area contributed by atoms with E-state index in [9.17, 15) is 27.9 Å². The maximum Gasteiger partial charge on any atom is 0.416 e. The first-order chi connectivity index (χ1) is 20.4. The number of carboxylic acids is 1. The zero-order valence-electron chi connectivity index (χ0n) is 24.5. The van der Waals surface area contributed by atoms with Gasteiger partial charge in [0.1, 0.15) is 11.9 Å². The van der Waals surface area contributed by atoms with Crippen LogP contribution in [-0.2, 0) is 10.9 Å². The number of nitrogens with zero attached hydrogens (tertiary/aromatic N) is 1. The molecule has 5 rings (SSSR count). The number of cyclic esters (lactones) is 1. The molecule has 43 heavy (non-hydrogen) atoms. The lowest BCUT2D eigenvalue weighted by Gasteiger charge is -2.28. The fourth-order valence-corrected chi connectivity index (χ4v) is 6.21. The van der Waals surface area contributed by atoms with Gasteiger partial charge >= 0.3 is 18.2 Å². The van der Waals surface area contributed by atoms with Crippen molar-refractivity contribution < 1.29 is 37.3 Å². The Morgan fingerprint density at radius 1 is 1.02 bits per heavy atom. The van der Waals surface area contributed by atoms with Gasteiger partial charge in [-0.3, -0.25) is 4.90 Å². The SMILES string of the molecule is COc1ccc(-c2ccc(C(=O)O)cc2C)cc1C1=C(CN2C(=O)O[C@H](c3cc(C)cc(C(F)(F)F)c3)[C@@H]2C)CCCC1. The monoisotopic (exact) mass is 593 g/mol. The van der Waals surface area contributed by atoms with E-state index in [2.05, 4.69) is 0 Å². The topological polar surface area (TPSA) is 76.1 Å². The second-order valence-electron chi connectivity index (χ2n) is 11.3. The normalized spacial score (nSPS) is 19.0. The predicted octanol–water partition coefficient (Wildman–Crippen LogP) is 8.61. The van der Waals surface area contributed by atoms with Gasteiger partial charge in [-0.1, -0.05) is 23.8 Å². The Balaban J connectivity index is 1.49. The largest absolute Gasteiger partial charge is 0.496 e. The lowest BCUT2D eigenvalue weighted by Crippen LogP contribution is -2.34. The summed E-state index contributed by atoms with van der Waals surface area (Å²) in [5, 5.41) is 9.37. The quantitative estimate of drug-likeness (QED) is 0.297. The first-order valence-electron chi connectivity index (χ1n) is 14.3. The average molecular weight is 594 g/mol. The van der Waals surface area contributed by atoms with Gasteiger partial charge in [-0.05, 0) is 116 Å². The molecule has 1 saturated heterocycles. The summed E-state index contributed by atoms with van der Waals surface area (Å²) in [5.74, 6) is -0.297. The second kappa shape index (κ2) is 11.8. The third kappa shape index (κ3) is 6.12. The third-order valence-corrected chi connectivity index (χ3v) is 8.40. The Hall–Kier alpha value is -4.27. The molecule has 1 N–H and O–H groups in total. The number of carbonyl (C=O) groups excluding carboxylic acids is 1. The molecule has 9 heteroatoms. The van der Waals surface area contributed by atoms with Crippen molar-refractivity contribution in [3.8, 4) is 16.9 Å². The van der Waals surface area contributed by atoms with Crippen LogP contribution in [0.3, 0.4) is 0 Å². The number of amides is 1. The van der Waals surface area contributed by atoms with E-state index in [0.717, 1.165) is 71.2 Å². The minimum atomic E-state index is -4.50. The van der Waals surface area contributed by atoms with E-state index in [0.29, 0.717) is 23.4 Å². The summed E-state index contributed by atoms with van der Waals surface area (Å²) in [6.07, 6.45) is -2.43. The van der Waals surface area contributed by atoms with E-state index < -0.39 is 35.9 Å². The molecule has 1 amide bonds. The third-order valence-electron chi connectivity index (χ3n) is 8.40. The number of rotatable bonds is 7. The summed E-state index contributed by atoms with van der Waals surface area (Å²) in [5.41, 5.74) is 5.92. The van der Waals surface area contributed by atoms with Crippen molar-refractivity contribution in [2.24, 2.45) is 0 Å². The molecule has 0 aromatic heterocycles. The van der Waals surface area contributed by atoms with Crippen molar-refractivity contribution in [3.05, 3.63) is 93.6 Å². The van der Waals surface area contributed by atoms with Crippen LogP contribution in [0.5, 0.6) is 5.75 Å². The number of alkyl halides is 3. The molecule has 0 radical (unpaired) electrons. The Morgan fingerprint density at radius 3 is 2.44 bits per heavy atom. The van der Waals surface area contributed by atoms with Crippen molar-refractivity contribution in [2.75, 3.05) is 13.7 Å². The minimum Gasteiger partial charge on any atom is -0.496 e. The van der Waals surface area contributed by atoms with Gasteiger partial charge in [0.25, 0.3) is 0 Å². The van der Waals surface area contributed by atoms with E-state index in [1.165, 1.54) is 0 Å². The molecule has 2 atom stereocenters. The standard InChI is InChI=1S/C34H34F3NO5/c1-19-13-25(16-26(14-19)34(35,36)37)31-21(3)38(33(41)43-31)18-24-7-5-6-8-28(24)29-17-22(10-12-30(29)42-4)27-11-9-23(32(39)40)15-20(27)2/h9-17,21,31H,5-8,18H2,1-4H3,(H,39,40)/t21-,31-/m0/s1. The van der Waals surface area contributed by atoms with E-state index in [1.54, 1.807) is 50.1 Å². The van der Waals surface area contributed by atoms with Crippen LogP contribution in [0.4, 0.5) is 18.0 Å². The molecule has 0 saturated carbocycles. The van der Waals surface area contributed by atoms with Crippen molar-refractivity contribution >= 4 is 17.6 Å². The molecule has 0 bridgehead atoms. The van der Waals surface area contributed by atoms with Crippen LogP contribution in [0.25, 0.3) is 16.7 Å². The van der Waals surface area contributed by atoms with Crippen molar-refractivity contribution in [2.45, 2.75) is 64.8 Å². The highest BCUT2D eigenvalue weighted by molar-refractivity contribution is 5.89. The Bertz CT molecular complexity index is 1610. The minimum absolute atomic E-state index is 0.220. The van der Waals surface area contributed by atoms with Gasteiger partial charge in [-0.2, -0.15) is 13.2 Å². The van der Waals surface area contributed by atoms with Gasteiger partial charge in [-0.15, -0.1) is 0 Å². The maximum atomic E-state index is 13.5. The second-order valence-corrected chi connectivity index (χ2v) is 11.3. The van der Waals surface area contributed by atoms with Gasteiger partial charge in [0.15, 0.2) is 0 Å². The fourth-order valence-electron chi connectivity index (χ4n) is 6.21. The predicted molar refractivity (Wildman–Crippen MR) is 157 cm³/mol. The van der Waals surface area contributed by atoms with Crippen molar-refractivity contribution in [1.29, 1.82) is 0 Å². The van der Waals surface area contributed by atoms with Gasteiger partial charge < -0.3 is 14.6 Å². The highest BCUT2D eigenvalue weighted by Crippen LogP contribution is 2.42. The summed E-state index contributed by atoms with van der Waals surface area (Å²) < 4.78 is 51.9. The molecule has 2 aliphatic rings. The summed E-state index contributed by atoms with van der Waals surface area (Å²) in [6, 6.07) is 14.2. The fraction of sp³-hybridized carbons (Fsp3) is 0.353. The number of carbonyl (C=O) groups is 2. The van der Waals surface area contributed by atoms with Gasteiger partial charge in [0.05, 0.1) is 24.3 Å². The number of methoxy groups -OCH3 is 1. The molecule has 0 spiro atoms. The molecule has 6 nitrogen and oxygen atoms in total. The number of allylic oxidation sites excluding steroid dienone is 1. The van der Waals surface area contributed by atoms with Crippen LogP contribution in [-0.4, -0.2) is 41.8 Å². The number of aryl methyl sites for hydroxylation is 2. The first-order valence-corrected chi connectivity index (χ1v) is 14.3. The van der Waals surface area contributed by atoms with Gasteiger partial charge in [0.2, 0.25) is 0 Å². The van der Waals surface area contributed by atoms with E-state index in [4.69, 9.17) is 9.47 Å². The molecule has 3 aromatic carbocycles. The molecule has 1 aliphatic heterocycles. The summed E-state index contributed by atoms with van der Waals surface area (Å²) >= 11 is 0. The number of hydrogen-bond acceptors (Lipinski definition) is 4. The molecule has 1 aliphatic carbocycles. The van der Waals surface area contributed by atoms with Crippen LogP contribution in [0, 0.1) is 13.8 Å².